The van der Waals surface area contributed by atoms with Gasteiger partial charge >= 0.3 is 18.9 Å². The van der Waals surface area contributed by atoms with Crippen molar-refractivity contribution < 1.29 is 23.6 Å². The van der Waals surface area contributed by atoms with Crippen LogP contribution in [-0.2, 0) is 5.41 Å². The quantitative estimate of drug-likeness (QED) is 0.449. The molecule has 4 rings (SSSR count). The molecule has 14 heavy (non-hydrogen) atoms. The first kappa shape index (κ1) is 10.1. The van der Waals surface area contributed by atoms with E-state index in [2.05, 4.69) is 24.3 Å². The normalized spacial score (nSPS) is 21.5. The molecule has 0 spiro atoms. The van der Waals surface area contributed by atoms with Crippen molar-refractivity contribution in [1.29, 1.82) is 0 Å². The van der Waals surface area contributed by atoms with Crippen molar-refractivity contribution in [2.75, 3.05) is 7.11 Å². The van der Waals surface area contributed by atoms with Gasteiger partial charge in [0.1, 0.15) is 5.75 Å². The average Bonchev–Trinajstić information content (AvgIpc) is 2.00. The van der Waals surface area contributed by atoms with Gasteiger partial charge in [-0.1, -0.05) is 17.5 Å². The fourth-order valence-corrected chi connectivity index (χ4v) is 2.53. The molecule has 0 unspecified atom stereocenters. The molecule has 2 heteroatoms. The van der Waals surface area contributed by atoms with E-state index in [1.54, 1.807) is 13.0 Å². The standard InChI is InChI=1S/C12H13O.Li/c1-13-11-4-2-10(3-5-11)12-6-9(7-12)8-12;/h2-5H,6-8H2,1H3;/q-1;+1. The van der Waals surface area contributed by atoms with Crippen LogP contribution in [0.1, 0.15) is 24.8 Å². The minimum atomic E-state index is 0. The topological polar surface area (TPSA) is 9.23 Å². The first-order valence-corrected chi connectivity index (χ1v) is 4.81. The van der Waals surface area contributed by atoms with Crippen molar-refractivity contribution in [2.45, 2.75) is 24.7 Å². The Labute approximate surface area is 97.0 Å². The van der Waals surface area contributed by atoms with E-state index in [1.807, 2.05) is 0 Å². The van der Waals surface area contributed by atoms with E-state index in [-0.39, 0.29) is 18.9 Å². The molecule has 0 saturated heterocycles. The van der Waals surface area contributed by atoms with Gasteiger partial charge in [0.15, 0.2) is 0 Å². The van der Waals surface area contributed by atoms with Crippen molar-refractivity contribution in [2.24, 2.45) is 0 Å². The molecule has 0 atom stereocenters. The van der Waals surface area contributed by atoms with E-state index in [4.69, 9.17) is 4.74 Å². The zero-order valence-corrected chi connectivity index (χ0v) is 8.84. The maximum absolute atomic E-state index is 5.14. The smallest absolute Gasteiger partial charge is 0.497 e. The van der Waals surface area contributed by atoms with E-state index in [9.17, 15) is 0 Å². The van der Waals surface area contributed by atoms with Gasteiger partial charge in [-0.15, -0.1) is 0 Å². The predicted molar refractivity (Wildman–Crippen MR) is 51.8 cm³/mol. The van der Waals surface area contributed by atoms with Crippen LogP contribution >= 0.6 is 0 Å². The van der Waals surface area contributed by atoms with Crippen molar-refractivity contribution in [3.05, 3.63) is 35.7 Å². The maximum Gasteiger partial charge on any atom is 1.00 e. The van der Waals surface area contributed by atoms with Gasteiger partial charge in [0, 0.05) is 0 Å². The molecule has 2 bridgehead atoms. The zero-order chi connectivity index (χ0) is 8.89. The number of ether oxygens (including phenoxy) is 1. The Morgan fingerprint density at radius 3 is 2.07 bits per heavy atom. The Hall–Kier alpha value is -0.383. The van der Waals surface area contributed by atoms with Crippen molar-refractivity contribution >= 4 is 0 Å². The number of benzene rings is 1. The fraction of sp³-hybridized carbons (Fsp3) is 0.417. The second kappa shape index (κ2) is 3.33. The molecule has 0 N–H and O–H groups in total. The molecular weight excluding hydrogens is 167 g/mol. The predicted octanol–water partition coefficient (Wildman–Crippen LogP) is -0.291. The summed E-state index contributed by atoms with van der Waals surface area (Å²) in [6.45, 7) is 0. The second-order valence-corrected chi connectivity index (χ2v) is 4.29. The third-order valence-corrected chi connectivity index (χ3v) is 3.47. The van der Waals surface area contributed by atoms with Gasteiger partial charge in [-0.05, 0) is 17.7 Å². The molecule has 3 saturated carbocycles. The van der Waals surface area contributed by atoms with E-state index >= 15 is 0 Å². The van der Waals surface area contributed by atoms with Crippen LogP contribution in [0.5, 0.6) is 5.75 Å². The summed E-state index contributed by atoms with van der Waals surface area (Å²) < 4.78 is 5.14. The monoisotopic (exact) mass is 180 g/mol. The van der Waals surface area contributed by atoms with Gasteiger partial charge in [0.05, 0.1) is 7.11 Å². The van der Waals surface area contributed by atoms with Gasteiger partial charge in [0.25, 0.3) is 0 Å². The average molecular weight is 180 g/mol. The summed E-state index contributed by atoms with van der Waals surface area (Å²) in [4.78, 5) is 0. The summed E-state index contributed by atoms with van der Waals surface area (Å²) in [6, 6.07) is 8.57. The van der Waals surface area contributed by atoms with Crippen LogP contribution in [0.25, 0.3) is 0 Å². The van der Waals surface area contributed by atoms with Crippen molar-refractivity contribution in [3.8, 4) is 5.75 Å². The second-order valence-electron chi connectivity index (χ2n) is 4.29. The van der Waals surface area contributed by atoms with Crippen molar-refractivity contribution in [1.82, 2.24) is 0 Å². The van der Waals surface area contributed by atoms with E-state index in [0.29, 0.717) is 5.41 Å². The molecule has 1 aromatic carbocycles. The molecular formula is C12H13LiO. The molecule has 68 valence electrons. The Morgan fingerprint density at radius 2 is 1.71 bits per heavy atom. The SMILES string of the molecule is COc1ccc(C23C[C-](C2)C3)cc1.[Li+]. The van der Waals surface area contributed by atoms with Crippen LogP contribution in [0.2, 0.25) is 0 Å². The van der Waals surface area contributed by atoms with Crippen molar-refractivity contribution in [3.63, 3.8) is 0 Å². The van der Waals surface area contributed by atoms with Crippen LogP contribution in [-0.4, -0.2) is 7.11 Å². The summed E-state index contributed by atoms with van der Waals surface area (Å²) in [5, 5.41) is 0. The molecule has 1 nitrogen and oxygen atoms in total. The summed E-state index contributed by atoms with van der Waals surface area (Å²) in [5.74, 6) is 2.72. The van der Waals surface area contributed by atoms with Crippen LogP contribution in [0, 0.1) is 5.92 Å². The third-order valence-electron chi connectivity index (χ3n) is 3.47. The molecule has 3 aliphatic carbocycles. The summed E-state index contributed by atoms with van der Waals surface area (Å²) in [7, 11) is 1.71. The Kier molecular flexibility index (Phi) is 2.41. The minimum Gasteiger partial charge on any atom is -0.497 e. The van der Waals surface area contributed by atoms with E-state index < -0.39 is 0 Å². The minimum absolute atomic E-state index is 0. The first-order chi connectivity index (χ1) is 6.32. The molecule has 1 aromatic rings. The molecule has 3 fully saturated rings. The maximum atomic E-state index is 5.14. The van der Waals surface area contributed by atoms with E-state index in [1.165, 1.54) is 24.8 Å². The third kappa shape index (κ3) is 1.23. The molecule has 3 aliphatic rings. The van der Waals surface area contributed by atoms with Crippen LogP contribution in [0.3, 0.4) is 0 Å². The molecule has 0 aromatic heterocycles. The van der Waals surface area contributed by atoms with Crippen LogP contribution in [0.15, 0.2) is 24.3 Å². The number of hydrogen-bond donors (Lipinski definition) is 0. The molecule has 0 amide bonds. The van der Waals surface area contributed by atoms with Crippen LogP contribution in [0.4, 0.5) is 0 Å². The van der Waals surface area contributed by atoms with Crippen LogP contribution < -0.4 is 23.6 Å². The summed E-state index contributed by atoms with van der Waals surface area (Å²) in [6.07, 6.45) is 4.04. The zero-order valence-electron chi connectivity index (χ0n) is 8.84. The molecule has 0 aliphatic heterocycles. The van der Waals surface area contributed by atoms with Gasteiger partial charge in [-0.3, -0.25) is 0 Å². The number of hydrogen-bond acceptors (Lipinski definition) is 1. The number of methoxy groups -OCH3 is 1. The van der Waals surface area contributed by atoms with Gasteiger partial charge in [0.2, 0.25) is 0 Å². The Morgan fingerprint density at radius 1 is 1.14 bits per heavy atom. The van der Waals surface area contributed by atoms with Gasteiger partial charge in [-0.2, -0.15) is 19.3 Å². The van der Waals surface area contributed by atoms with Gasteiger partial charge < -0.3 is 10.7 Å². The molecule has 0 heterocycles. The summed E-state index contributed by atoms with van der Waals surface area (Å²) in [5.41, 5.74) is 2.06. The first-order valence-electron chi connectivity index (χ1n) is 4.81. The fourth-order valence-electron chi connectivity index (χ4n) is 2.53. The molecule has 0 radical (unpaired) electrons. The largest absolute Gasteiger partial charge is 1.00 e. The van der Waals surface area contributed by atoms with E-state index in [0.717, 1.165) is 5.75 Å². The number of rotatable bonds is 2. The Bertz CT molecular complexity index is 314. The Balaban J connectivity index is 0.000000750. The summed E-state index contributed by atoms with van der Waals surface area (Å²) >= 11 is 0. The van der Waals surface area contributed by atoms with Gasteiger partial charge in [-0.25, -0.2) is 0 Å².